The third kappa shape index (κ3) is 3.06. The molecule has 1 aromatic carbocycles. The van der Waals surface area contributed by atoms with Gasteiger partial charge in [0.05, 0.1) is 11.7 Å². The Morgan fingerprint density at radius 2 is 2.06 bits per heavy atom. The third-order valence-corrected chi connectivity index (χ3v) is 2.84. The summed E-state index contributed by atoms with van der Waals surface area (Å²) in [7, 11) is 0. The summed E-state index contributed by atoms with van der Waals surface area (Å²) < 4.78 is 6.42. The van der Waals surface area contributed by atoms with Gasteiger partial charge in [-0.2, -0.15) is 0 Å². The Hall–Kier alpha value is -0.870. The van der Waals surface area contributed by atoms with E-state index in [4.69, 9.17) is 4.74 Å². The van der Waals surface area contributed by atoms with E-state index in [1.54, 1.807) is 19.9 Å². The summed E-state index contributed by atoms with van der Waals surface area (Å²) in [6, 6.07) is 3.57. The molecule has 0 aliphatic rings. The normalized spacial score (nSPS) is 14.3. The fourth-order valence-electron chi connectivity index (χ4n) is 1.29. The molecule has 1 aromatic rings. The van der Waals surface area contributed by atoms with Crippen molar-refractivity contribution in [3.63, 3.8) is 0 Å². The maximum Gasteiger partial charge on any atom is 0.153 e. The van der Waals surface area contributed by atoms with Crippen LogP contribution in [-0.2, 0) is 0 Å². The molecular formula is C12H15BrO3. The average Bonchev–Trinajstić information content (AvgIpc) is 2.21. The largest absolute Gasteiger partial charge is 0.487 e. The van der Waals surface area contributed by atoms with E-state index in [0.29, 0.717) is 11.3 Å². The van der Waals surface area contributed by atoms with Crippen LogP contribution in [-0.4, -0.2) is 23.6 Å². The van der Waals surface area contributed by atoms with Crippen LogP contribution in [0.2, 0.25) is 0 Å². The minimum absolute atomic E-state index is 0.349. The van der Waals surface area contributed by atoms with Gasteiger partial charge < -0.3 is 9.84 Å². The Kier molecular flexibility index (Phi) is 4.50. The zero-order valence-electron chi connectivity index (χ0n) is 9.53. The Balaban J connectivity index is 3.07. The highest BCUT2D eigenvalue weighted by atomic mass is 79.9. The number of benzene rings is 1. The molecule has 0 heterocycles. The Morgan fingerprint density at radius 3 is 2.56 bits per heavy atom. The number of aliphatic hydroxyl groups excluding tert-OH is 1. The Labute approximate surface area is 104 Å². The fraction of sp³-hybridized carbons (Fsp3) is 0.417. The molecule has 0 amide bonds. The minimum atomic E-state index is -0.581. The van der Waals surface area contributed by atoms with Gasteiger partial charge in [-0.3, -0.25) is 4.79 Å². The van der Waals surface area contributed by atoms with Crippen LogP contribution in [0.1, 0.15) is 29.8 Å². The molecule has 0 spiro atoms. The van der Waals surface area contributed by atoms with Crippen molar-refractivity contribution in [1.29, 1.82) is 0 Å². The summed E-state index contributed by atoms with van der Waals surface area (Å²) in [5.74, 6) is 0.534. The van der Waals surface area contributed by atoms with Gasteiger partial charge in [-0.25, -0.2) is 0 Å². The summed E-state index contributed by atoms with van der Waals surface area (Å²) in [6.07, 6.45) is -0.178. The second-order valence-corrected chi connectivity index (χ2v) is 4.74. The molecule has 0 saturated carbocycles. The SMILES string of the molecule is Cc1cc(Br)cc(C=O)c1OC(C)C(C)O. The summed E-state index contributed by atoms with van der Waals surface area (Å²) >= 11 is 3.32. The van der Waals surface area contributed by atoms with Gasteiger partial charge in [0, 0.05) is 4.47 Å². The molecule has 3 nitrogen and oxygen atoms in total. The predicted molar refractivity (Wildman–Crippen MR) is 66.0 cm³/mol. The summed E-state index contributed by atoms with van der Waals surface area (Å²) in [5, 5.41) is 9.37. The molecule has 0 bridgehead atoms. The third-order valence-electron chi connectivity index (χ3n) is 2.38. The first-order valence-electron chi connectivity index (χ1n) is 5.05. The first kappa shape index (κ1) is 13.2. The lowest BCUT2D eigenvalue weighted by atomic mass is 10.1. The van der Waals surface area contributed by atoms with E-state index in [9.17, 15) is 9.90 Å². The number of rotatable bonds is 4. The topological polar surface area (TPSA) is 46.5 Å². The van der Waals surface area contributed by atoms with Crippen molar-refractivity contribution in [1.82, 2.24) is 0 Å². The number of aliphatic hydroxyl groups is 1. The first-order valence-corrected chi connectivity index (χ1v) is 5.85. The van der Waals surface area contributed by atoms with E-state index in [-0.39, 0.29) is 6.10 Å². The van der Waals surface area contributed by atoms with Gasteiger partial charge in [-0.15, -0.1) is 0 Å². The zero-order chi connectivity index (χ0) is 12.3. The van der Waals surface area contributed by atoms with Crippen molar-refractivity contribution in [2.45, 2.75) is 33.0 Å². The van der Waals surface area contributed by atoms with Crippen LogP contribution in [0.25, 0.3) is 0 Å². The van der Waals surface area contributed by atoms with Crippen LogP contribution in [0.4, 0.5) is 0 Å². The smallest absolute Gasteiger partial charge is 0.153 e. The lowest BCUT2D eigenvalue weighted by Gasteiger charge is -2.20. The molecule has 1 N–H and O–H groups in total. The van der Waals surface area contributed by atoms with Crippen molar-refractivity contribution in [2.75, 3.05) is 0 Å². The molecule has 0 radical (unpaired) electrons. The minimum Gasteiger partial charge on any atom is -0.487 e. The van der Waals surface area contributed by atoms with E-state index in [0.717, 1.165) is 16.3 Å². The van der Waals surface area contributed by atoms with Gasteiger partial charge >= 0.3 is 0 Å². The van der Waals surface area contributed by atoms with E-state index >= 15 is 0 Å². The molecule has 0 aromatic heterocycles. The molecule has 0 aliphatic carbocycles. The number of carbonyl (C=O) groups is 1. The summed E-state index contributed by atoms with van der Waals surface area (Å²) in [6.45, 7) is 5.28. The van der Waals surface area contributed by atoms with Gasteiger partial charge in [-0.05, 0) is 38.5 Å². The van der Waals surface area contributed by atoms with Gasteiger partial charge in [-0.1, -0.05) is 15.9 Å². The molecule has 16 heavy (non-hydrogen) atoms. The summed E-state index contributed by atoms with van der Waals surface area (Å²) in [4.78, 5) is 10.9. The lowest BCUT2D eigenvalue weighted by Crippen LogP contribution is -2.26. The number of ether oxygens (including phenoxy) is 1. The monoisotopic (exact) mass is 286 g/mol. The highest BCUT2D eigenvalue weighted by Crippen LogP contribution is 2.28. The van der Waals surface area contributed by atoms with Crippen LogP contribution in [0.15, 0.2) is 16.6 Å². The van der Waals surface area contributed by atoms with E-state index in [1.807, 2.05) is 13.0 Å². The maximum absolute atomic E-state index is 10.9. The highest BCUT2D eigenvalue weighted by Gasteiger charge is 2.15. The van der Waals surface area contributed by atoms with Crippen molar-refractivity contribution >= 4 is 22.2 Å². The molecule has 2 atom stereocenters. The second-order valence-electron chi connectivity index (χ2n) is 3.82. The fourth-order valence-corrected chi connectivity index (χ4v) is 1.88. The van der Waals surface area contributed by atoms with Crippen molar-refractivity contribution in [3.05, 3.63) is 27.7 Å². The number of hydrogen-bond donors (Lipinski definition) is 1. The number of carbonyl (C=O) groups excluding carboxylic acids is 1. The highest BCUT2D eigenvalue weighted by molar-refractivity contribution is 9.10. The molecule has 0 fully saturated rings. The quantitative estimate of drug-likeness (QED) is 0.866. The second kappa shape index (κ2) is 5.46. The number of aryl methyl sites for hydroxylation is 1. The van der Waals surface area contributed by atoms with Crippen LogP contribution in [0.5, 0.6) is 5.75 Å². The van der Waals surface area contributed by atoms with Gasteiger partial charge in [0.25, 0.3) is 0 Å². The van der Waals surface area contributed by atoms with E-state index in [2.05, 4.69) is 15.9 Å². The lowest BCUT2D eigenvalue weighted by molar-refractivity contribution is 0.0593. The number of aldehydes is 1. The van der Waals surface area contributed by atoms with E-state index < -0.39 is 6.10 Å². The van der Waals surface area contributed by atoms with Gasteiger partial charge in [0.1, 0.15) is 11.9 Å². The first-order chi connectivity index (χ1) is 7.45. The summed E-state index contributed by atoms with van der Waals surface area (Å²) in [5.41, 5.74) is 1.35. The number of hydrogen-bond acceptors (Lipinski definition) is 3. The van der Waals surface area contributed by atoms with Gasteiger partial charge in [0.15, 0.2) is 6.29 Å². The molecule has 88 valence electrons. The Bertz CT molecular complexity index is 388. The van der Waals surface area contributed by atoms with Crippen molar-refractivity contribution in [3.8, 4) is 5.75 Å². The van der Waals surface area contributed by atoms with Crippen LogP contribution in [0.3, 0.4) is 0 Å². The molecule has 0 saturated heterocycles. The average molecular weight is 287 g/mol. The maximum atomic E-state index is 10.9. The van der Waals surface area contributed by atoms with Crippen molar-refractivity contribution < 1.29 is 14.6 Å². The zero-order valence-corrected chi connectivity index (χ0v) is 11.1. The predicted octanol–water partition coefficient (Wildman–Crippen LogP) is 2.72. The van der Waals surface area contributed by atoms with E-state index in [1.165, 1.54) is 0 Å². The molecule has 0 aliphatic heterocycles. The van der Waals surface area contributed by atoms with Crippen LogP contribution < -0.4 is 4.74 Å². The van der Waals surface area contributed by atoms with Crippen molar-refractivity contribution in [2.24, 2.45) is 0 Å². The van der Waals surface area contributed by atoms with Gasteiger partial charge in [0.2, 0.25) is 0 Å². The van der Waals surface area contributed by atoms with Crippen LogP contribution in [0, 0.1) is 6.92 Å². The molecule has 1 rings (SSSR count). The van der Waals surface area contributed by atoms with Crippen LogP contribution >= 0.6 is 15.9 Å². The molecular weight excluding hydrogens is 272 g/mol. The Morgan fingerprint density at radius 1 is 1.44 bits per heavy atom. The molecule has 4 heteroatoms. The number of halogens is 1. The standard InChI is InChI=1S/C12H15BrO3/c1-7-4-11(13)5-10(6-14)12(7)16-9(3)8(2)15/h4-6,8-9,15H,1-3H3. The molecule has 2 unspecified atom stereocenters.